The molecule has 32 heavy (non-hydrogen) atoms. The molecule has 1 aliphatic rings. The normalized spacial score (nSPS) is 15.0. The van der Waals surface area contributed by atoms with E-state index in [9.17, 15) is 22.8 Å². The number of carbonyl (C=O) groups is 2. The first kappa shape index (κ1) is 22.1. The van der Waals surface area contributed by atoms with Gasteiger partial charge in [0, 0.05) is 30.1 Å². The average Bonchev–Trinajstić information content (AvgIpc) is 3.46. The van der Waals surface area contributed by atoms with E-state index in [1.165, 1.54) is 36.0 Å². The SMILES string of the molecule is O=C(Cc1csc(-c2ccc(C(F)(F)F)cc2)n1)NC1CCN(C(=O)c2ccoc2)CC1. The van der Waals surface area contributed by atoms with Crippen LogP contribution in [0.1, 0.15) is 34.5 Å². The molecule has 3 heterocycles. The lowest BCUT2D eigenvalue weighted by Gasteiger charge is -2.32. The van der Waals surface area contributed by atoms with Crippen LogP contribution in [0.3, 0.4) is 0 Å². The van der Waals surface area contributed by atoms with Crippen molar-refractivity contribution in [1.82, 2.24) is 15.2 Å². The largest absolute Gasteiger partial charge is 0.472 e. The molecule has 0 spiro atoms. The van der Waals surface area contributed by atoms with Crippen molar-refractivity contribution in [2.75, 3.05) is 13.1 Å². The highest BCUT2D eigenvalue weighted by Gasteiger charge is 2.30. The molecule has 1 N–H and O–H groups in total. The van der Waals surface area contributed by atoms with Gasteiger partial charge in [0.2, 0.25) is 5.91 Å². The minimum Gasteiger partial charge on any atom is -0.472 e. The molecule has 3 aromatic rings. The molecule has 2 amide bonds. The molecule has 1 saturated heterocycles. The van der Waals surface area contributed by atoms with Gasteiger partial charge in [-0.1, -0.05) is 12.1 Å². The molecular weight excluding hydrogens is 443 g/mol. The van der Waals surface area contributed by atoms with Crippen LogP contribution in [0.4, 0.5) is 13.2 Å². The second-order valence-corrected chi connectivity index (χ2v) is 8.40. The monoisotopic (exact) mass is 463 g/mol. The Morgan fingerprint density at radius 2 is 1.88 bits per heavy atom. The van der Waals surface area contributed by atoms with Crippen molar-refractivity contribution < 1.29 is 27.2 Å². The molecule has 0 saturated carbocycles. The van der Waals surface area contributed by atoms with E-state index in [2.05, 4.69) is 10.3 Å². The van der Waals surface area contributed by atoms with Gasteiger partial charge < -0.3 is 14.6 Å². The Morgan fingerprint density at radius 1 is 1.16 bits per heavy atom. The van der Waals surface area contributed by atoms with Crippen molar-refractivity contribution in [3.63, 3.8) is 0 Å². The van der Waals surface area contributed by atoms with Crippen LogP contribution >= 0.6 is 11.3 Å². The van der Waals surface area contributed by atoms with E-state index >= 15 is 0 Å². The summed E-state index contributed by atoms with van der Waals surface area (Å²) >= 11 is 1.28. The van der Waals surface area contributed by atoms with Gasteiger partial charge >= 0.3 is 6.18 Å². The lowest BCUT2D eigenvalue weighted by atomic mass is 10.0. The van der Waals surface area contributed by atoms with E-state index in [0.717, 1.165) is 12.1 Å². The van der Waals surface area contributed by atoms with Gasteiger partial charge in [0.1, 0.15) is 11.3 Å². The Bertz CT molecular complexity index is 1070. The summed E-state index contributed by atoms with van der Waals surface area (Å²) in [6.45, 7) is 1.09. The predicted molar refractivity (Wildman–Crippen MR) is 112 cm³/mol. The Kier molecular flexibility index (Phi) is 6.31. The number of rotatable bonds is 5. The lowest BCUT2D eigenvalue weighted by molar-refractivity contribution is -0.137. The molecule has 0 bridgehead atoms. The van der Waals surface area contributed by atoms with Crippen LogP contribution in [0.2, 0.25) is 0 Å². The number of amides is 2. The molecular formula is C22H20F3N3O3S. The fourth-order valence-electron chi connectivity index (χ4n) is 3.56. The second kappa shape index (κ2) is 9.15. The topological polar surface area (TPSA) is 75.4 Å². The summed E-state index contributed by atoms with van der Waals surface area (Å²) < 4.78 is 43.1. The zero-order chi connectivity index (χ0) is 22.7. The van der Waals surface area contributed by atoms with Crippen LogP contribution in [-0.2, 0) is 17.4 Å². The number of nitrogens with one attached hydrogen (secondary N) is 1. The van der Waals surface area contributed by atoms with Gasteiger partial charge in [0.05, 0.1) is 29.5 Å². The third-order valence-corrected chi connectivity index (χ3v) is 6.21. The molecule has 4 rings (SSSR count). The number of benzene rings is 1. The number of hydrogen-bond donors (Lipinski definition) is 1. The summed E-state index contributed by atoms with van der Waals surface area (Å²) in [5, 5.41) is 5.28. The number of halogens is 3. The number of piperidine rings is 1. The maximum absolute atomic E-state index is 12.7. The molecule has 1 fully saturated rings. The van der Waals surface area contributed by atoms with Gasteiger partial charge in [-0.25, -0.2) is 4.98 Å². The third kappa shape index (κ3) is 5.18. The predicted octanol–water partition coefficient (Wildman–Crippen LogP) is 4.39. The Balaban J connectivity index is 1.27. The molecule has 1 aromatic carbocycles. The molecule has 10 heteroatoms. The molecule has 2 aromatic heterocycles. The van der Waals surface area contributed by atoms with Crippen molar-refractivity contribution in [2.45, 2.75) is 31.5 Å². The zero-order valence-electron chi connectivity index (χ0n) is 16.9. The molecule has 168 valence electrons. The second-order valence-electron chi connectivity index (χ2n) is 7.54. The van der Waals surface area contributed by atoms with Crippen LogP contribution in [0.15, 0.2) is 52.7 Å². The Morgan fingerprint density at radius 3 is 2.50 bits per heavy atom. The standard InChI is InChI=1S/C22H20F3N3O3S/c23-22(24,25)16-3-1-14(2-4-16)20-27-18(13-32-20)11-19(29)26-17-5-8-28(9-6-17)21(30)15-7-10-31-12-15/h1-4,7,10,12-13,17H,5-6,8-9,11H2,(H,26,29). The fraction of sp³-hybridized carbons (Fsp3) is 0.318. The summed E-state index contributed by atoms with van der Waals surface area (Å²) in [6, 6.07) is 6.40. The Hall–Kier alpha value is -3.14. The van der Waals surface area contributed by atoms with Crippen molar-refractivity contribution >= 4 is 23.2 Å². The first-order valence-electron chi connectivity index (χ1n) is 10.0. The lowest BCUT2D eigenvalue weighted by Crippen LogP contribution is -2.46. The van der Waals surface area contributed by atoms with Crippen LogP contribution in [-0.4, -0.2) is 40.8 Å². The number of carbonyl (C=O) groups excluding carboxylic acids is 2. The van der Waals surface area contributed by atoms with E-state index in [4.69, 9.17) is 4.42 Å². The van der Waals surface area contributed by atoms with Gasteiger partial charge in [-0.05, 0) is 31.0 Å². The first-order valence-corrected chi connectivity index (χ1v) is 10.9. The van der Waals surface area contributed by atoms with Crippen molar-refractivity contribution in [2.24, 2.45) is 0 Å². The minimum atomic E-state index is -4.38. The van der Waals surface area contributed by atoms with E-state index in [0.29, 0.717) is 47.8 Å². The Labute approximate surface area is 186 Å². The van der Waals surface area contributed by atoms with Crippen LogP contribution in [0, 0.1) is 0 Å². The van der Waals surface area contributed by atoms with Crippen molar-refractivity contribution in [1.29, 1.82) is 0 Å². The van der Waals surface area contributed by atoms with E-state index < -0.39 is 11.7 Å². The fourth-order valence-corrected chi connectivity index (χ4v) is 4.39. The van der Waals surface area contributed by atoms with Gasteiger partial charge in [0.15, 0.2) is 0 Å². The van der Waals surface area contributed by atoms with Gasteiger partial charge in [-0.15, -0.1) is 11.3 Å². The van der Waals surface area contributed by atoms with Crippen molar-refractivity contribution in [3.05, 3.63) is 65.1 Å². The third-order valence-electron chi connectivity index (χ3n) is 5.27. The highest BCUT2D eigenvalue weighted by molar-refractivity contribution is 7.13. The van der Waals surface area contributed by atoms with Gasteiger partial charge in [0.25, 0.3) is 5.91 Å². The number of aromatic nitrogens is 1. The van der Waals surface area contributed by atoms with Crippen molar-refractivity contribution in [3.8, 4) is 10.6 Å². The molecule has 0 radical (unpaired) electrons. The quantitative estimate of drug-likeness (QED) is 0.609. The first-order chi connectivity index (χ1) is 15.3. The smallest absolute Gasteiger partial charge is 0.416 e. The maximum atomic E-state index is 12.7. The van der Waals surface area contributed by atoms with E-state index in [-0.39, 0.29) is 24.3 Å². The highest BCUT2D eigenvalue weighted by Crippen LogP contribution is 2.31. The van der Waals surface area contributed by atoms with E-state index in [1.54, 1.807) is 16.3 Å². The number of alkyl halides is 3. The minimum absolute atomic E-state index is 0.0241. The summed E-state index contributed by atoms with van der Waals surface area (Å²) in [7, 11) is 0. The van der Waals surface area contributed by atoms with Gasteiger partial charge in [-0.2, -0.15) is 13.2 Å². The van der Waals surface area contributed by atoms with Crippen LogP contribution < -0.4 is 5.32 Å². The van der Waals surface area contributed by atoms with Gasteiger partial charge in [-0.3, -0.25) is 9.59 Å². The summed E-state index contributed by atoms with van der Waals surface area (Å²) in [4.78, 5) is 30.9. The zero-order valence-corrected chi connectivity index (χ0v) is 17.7. The summed E-state index contributed by atoms with van der Waals surface area (Å²) in [5.41, 5.74) is 0.939. The molecule has 0 unspecified atom stereocenters. The average molecular weight is 463 g/mol. The molecule has 0 aliphatic carbocycles. The summed E-state index contributed by atoms with van der Waals surface area (Å²) in [6.07, 6.45) is -0.101. The number of furan rings is 1. The number of thiazole rings is 1. The molecule has 6 nitrogen and oxygen atoms in total. The number of hydrogen-bond acceptors (Lipinski definition) is 5. The number of nitrogens with zero attached hydrogens (tertiary/aromatic N) is 2. The summed E-state index contributed by atoms with van der Waals surface area (Å²) in [5.74, 6) is -0.254. The van der Waals surface area contributed by atoms with Crippen LogP contribution in [0.25, 0.3) is 10.6 Å². The number of likely N-dealkylation sites (tertiary alicyclic amines) is 1. The maximum Gasteiger partial charge on any atom is 0.416 e. The van der Waals surface area contributed by atoms with Crippen LogP contribution in [0.5, 0.6) is 0 Å². The molecule has 1 aliphatic heterocycles. The molecule has 0 atom stereocenters. The highest BCUT2D eigenvalue weighted by atomic mass is 32.1. The van der Waals surface area contributed by atoms with E-state index in [1.807, 2.05) is 0 Å².